The number of amides is 2. The first-order chi connectivity index (χ1) is 18.5. The summed E-state index contributed by atoms with van der Waals surface area (Å²) in [5, 5.41) is 10.0. The maximum atomic E-state index is 13.4. The summed E-state index contributed by atoms with van der Waals surface area (Å²) in [6, 6.07) is 5.53. The third-order valence-corrected chi connectivity index (χ3v) is 7.67. The van der Waals surface area contributed by atoms with Gasteiger partial charge in [0, 0.05) is 42.9 Å². The maximum absolute atomic E-state index is 13.4. The Morgan fingerprint density at radius 1 is 1.23 bits per heavy atom. The van der Waals surface area contributed by atoms with Gasteiger partial charge in [-0.2, -0.15) is 0 Å². The maximum Gasteiger partial charge on any atom is 0.270 e. The van der Waals surface area contributed by atoms with E-state index in [1.54, 1.807) is 29.4 Å². The number of hydrogen-bond acceptors (Lipinski definition) is 8. The number of carbonyl (C=O) groups excluding carboxylic acids is 2. The number of likely N-dealkylation sites (tertiary alicyclic amines) is 1. The Bertz CT molecular complexity index is 1160. The van der Waals surface area contributed by atoms with Crippen LogP contribution in [0.5, 0.6) is 0 Å². The van der Waals surface area contributed by atoms with Crippen LogP contribution >= 0.6 is 11.6 Å². The van der Waals surface area contributed by atoms with Gasteiger partial charge in [-0.15, -0.1) is 0 Å². The Morgan fingerprint density at radius 3 is 2.72 bits per heavy atom. The number of hydrogen-bond donors (Lipinski definition) is 4. The van der Waals surface area contributed by atoms with Gasteiger partial charge >= 0.3 is 0 Å². The minimum atomic E-state index is -0.667. The number of benzene rings is 1. The van der Waals surface area contributed by atoms with Crippen LogP contribution in [0.3, 0.4) is 0 Å². The molecule has 3 heterocycles. The Morgan fingerprint density at radius 2 is 2.00 bits per heavy atom. The van der Waals surface area contributed by atoms with Crippen molar-refractivity contribution in [1.29, 1.82) is 0 Å². The summed E-state index contributed by atoms with van der Waals surface area (Å²) in [6.07, 6.45) is 10.7. The van der Waals surface area contributed by atoms with Crippen molar-refractivity contribution in [3.8, 4) is 0 Å². The van der Waals surface area contributed by atoms with Gasteiger partial charge in [0.1, 0.15) is 0 Å². The van der Waals surface area contributed by atoms with Gasteiger partial charge in [-0.3, -0.25) is 15.4 Å². The molecule has 6 N–H and O–H groups in total. The standard InChI is InChI=1S/C28H41ClN8O2/c1-19-17-20(13-14-32-19)26(39)37(31)27-33-23-11-7-10-22(29)25(23)36(27)21-9-5-6-15-34(18-21)24(38)12-8-16-35(30)28(2,3)4/h7-8,10-14,17,19,21,27,32-33H,5-6,9,15-16,18,30-31H2,1-4H3/b12-8+/t19?,21-,27?/m1/s1. The minimum Gasteiger partial charge on any atom is -0.385 e. The van der Waals surface area contributed by atoms with Crippen molar-refractivity contribution in [2.24, 2.45) is 11.7 Å². The number of rotatable bonds is 6. The van der Waals surface area contributed by atoms with E-state index in [4.69, 9.17) is 23.3 Å². The summed E-state index contributed by atoms with van der Waals surface area (Å²) in [5.74, 6) is 12.3. The van der Waals surface area contributed by atoms with Crippen LogP contribution in [0, 0.1) is 0 Å². The summed E-state index contributed by atoms with van der Waals surface area (Å²) < 4.78 is 0. The molecule has 39 heavy (non-hydrogen) atoms. The molecule has 1 saturated heterocycles. The predicted molar refractivity (Wildman–Crippen MR) is 156 cm³/mol. The molecule has 0 radical (unpaired) electrons. The van der Waals surface area contributed by atoms with Crippen molar-refractivity contribution in [2.45, 2.75) is 70.9 Å². The van der Waals surface area contributed by atoms with Gasteiger partial charge < -0.3 is 20.4 Å². The van der Waals surface area contributed by atoms with Crippen LogP contribution in [0.25, 0.3) is 0 Å². The second kappa shape index (κ2) is 12.0. The predicted octanol–water partition coefficient (Wildman–Crippen LogP) is 2.90. The normalized spacial score (nSPS) is 23.3. The van der Waals surface area contributed by atoms with Gasteiger partial charge in [-0.1, -0.05) is 23.7 Å². The number of nitrogens with two attached hydrogens (primary N) is 2. The van der Waals surface area contributed by atoms with Crippen LogP contribution in [0.4, 0.5) is 11.4 Å². The van der Waals surface area contributed by atoms with Crippen LogP contribution in [0.1, 0.15) is 47.0 Å². The minimum absolute atomic E-state index is 0.0193. The SMILES string of the molecule is CC1C=C(C(=O)N(N)C2Nc3cccc(Cl)c3N2[C@@H]2CCCCN(C(=O)/C=C/CN(N)C(C)(C)C)C2)C=CN1. The van der Waals surface area contributed by atoms with E-state index in [2.05, 4.69) is 15.5 Å². The summed E-state index contributed by atoms with van der Waals surface area (Å²) in [6.45, 7) is 9.63. The molecule has 2 amide bonds. The third kappa shape index (κ3) is 6.58. The van der Waals surface area contributed by atoms with Crippen molar-refractivity contribution < 1.29 is 9.59 Å². The number of carbonyl (C=O) groups is 2. The second-order valence-corrected chi connectivity index (χ2v) is 11.8. The Labute approximate surface area is 236 Å². The first kappa shape index (κ1) is 28.9. The molecule has 11 heteroatoms. The lowest BCUT2D eigenvalue weighted by atomic mass is 10.1. The summed E-state index contributed by atoms with van der Waals surface area (Å²) in [4.78, 5) is 30.6. The zero-order chi connectivity index (χ0) is 28.3. The number of para-hydroxylation sites is 1. The molecular formula is C28H41ClN8O2. The van der Waals surface area contributed by atoms with Crippen LogP contribution < -0.4 is 27.2 Å². The first-order valence-corrected chi connectivity index (χ1v) is 13.9. The zero-order valence-corrected chi connectivity index (χ0v) is 24.0. The number of anilines is 2. The van der Waals surface area contributed by atoms with E-state index in [0.717, 1.165) is 30.6 Å². The highest BCUT2D eigenvalue weighted by Crippen LogP contribution is 2.43. The van der Waals surface area contributed by atoms with Crippen molar-refractivity contribution >= 4 is 34.8 Å². The van der Waals surface area contributed by atoms with Gasteiger partial charge in [0.25, 0.3) is 5.91 Å². The lowest BCUT2D eigenvalue weighted by Crippen LogP contribution is -2.60. The van der Waals surface area contributed by atoms with Crippen molar-refractivity contribution in [1.82, 2.24) is 20.2 Å². The molecule has 2 unspecified atom stereocenters. The van der Waals surface area contributed by atoms with E-state index in [-0.39, 0.29) is 29.4 Å². The second-order valence-electron chi connectivity index (χ2n) is 11.3. The van der Waals surface area contributed by atoms with Crippen molar-refractivity contribution in [3.05, 3.63) is 59.3 Å². The van der Waals surface area contributed by atoms with Gasteiger partial charge in [0.15, 0.2) is 6.29 Å². The molecular weight excluding hydrogens is 516 g/mol. The highest BCUT2D eigenvalue weighted by molar-refractivity contribution is 6.34. The Kier molecular flexibility index (Phi) is 8.90. The lowest BCUT2D eigenvalue weighted by Gasteiger charge is -2.39. The Balaban J connectivity index is 1.57. The van der Waals surface area contributed by atoms with E-state index < -0.39 is 6.29 Å². The van der Waals surface area contributed by atoms with Gasteiger partial charge in [-0.25, -0.2) is 15.9 Å². The van der Waals surface area contributed by atoms with Gasteiger partial charge in [0.2, 0.25) is 5.91 Å². The van der Waals surface area contributed by atoms with Crippen LogP contribution in [-0.2, 0) is 9.59 Å². The molecule has 0 saturated carbocycles. The van der Waals surface area contributed by atoms with Crippen LogP contribution in [-0.4, -0.2) is 70.3 Å². The monoisotopic (exact) mass is 556 g/mol. The van der Waals surface area contributed by atoms with Crippen LogP contribution in [0.15, 0.2) is 54.3 Å². The topological polar surface area (TPSA) is 123 Å². The molecule has 0 spiro atoms. The van der Waals surface area contributed by atoms with Gasteiger partial charge in [0.05, 0.1) is 22.4 Å². The molecule has 3 aliphatic rings. The summed E-state index contributed by atoms with van der Waals surface area (Å²) in [5.41, 5.74) is 1.90. The van der Waals surface area contributed by atoms with Crippen molar-refractivity contribution in [2.75, 3.05) is 29.9 Å². The molecule has 1 fully saturated rings. The average Bonchev–Trinajstić information content (AvgIpc) is 3.11. The molecule has 0 bridgehead atoms. The summed E-state index contributed by atoms with van der Waals surface area (Å²) >= 11 is 6.71. The van der Waals surface area contributed by atoms with E-state index >= 15 is 0 Å². The average molecular weight is 557 g/mol. The zero-order valence-electron chi connectivity index (χ0n) is 23.2. The number of nitrogens with one attached hydrogen (secondary N) is 2. The number of dihydropyridines is 1. The number of hydrazine groups is 2. The fraction of sp³-hybridized carbons (Fsp3) is 0.500. The van der Waals surface area contributed by atoms with Crippen molar-refractivity contribution in [3.63, 3.8) is 0 Å². The molecule has 3 aliphatic heterocycles. The Hall–Kier alpha value is -3.05. The number of halogens is 1. The van der Waals surface area contributed by atoms with Gasteiger partial charge in [-0.05, 0) is 77.4 Å². The largest absolute Gasteiger partial charge is 0.385 e. The first-order valence-electron chi connectivity index (χ1n) is 13.5. The quantitative estimate of drug-likeness (QED) is 0.182. The molecule has 10 nitrogen and oxygen atoms in total. The lowest BCUT2D eigenvalue weighted by molar-refractivity contribution is -0.129. The molecule has 212 valence electrons. The molecule has 4 rings (SSSR count). The van der Waals surface area contributed by atoms with E-state index in [1.807, 2.05) is 56.9 Å². The molecule has 0 aliphatic carbocycles. The smallest absolute Gasteiger partial charge is 0.270 e. The third-order valence-electron chi connectivity index (χ3n) is 7.37. The molecule has 3 atom stereocenters. The highest BCUT2D eigenvalue weighted by Gasteiger charge is 2.41. The fourth-order valence-corrected chi connectivity index (χ4v) is 5.34. The van der Waals surface area contributed by atoms with E-state index in [0.29, 0.717) is 30.2 Å². The van der Waals surface area contributed by atoms with E-state index in [1.165, 1.54) is 5.01 Å². The molecule has 1 aromatic carbocycles. The molecule has 1 aromatic rings. The number of fused-ring (bicyclic) bond motifs is 1. The highest BCUT2D eigenvalue weighted by atomic mass is 35.5. The molecule has 0 aromatic heterocycles. The van der Waals surface area contributed by atoms with Crippen LogP contribution in [0.2, 0.25) is 5.02 Å². The summed E-state index contributed by atoms with van der Waals surface area (Å²) in [7, 11) is 0. The van der Waals surface area contributed by atoms with E-state index in [9.17, 15) is 9.59 Å². The number of nitrogens with zero attached hydrogens (tertiary/aromatic N) is 4. The fourth-order valence-electron chi connectivity index (χ4n) is 5.07.